The summed E-state index contributed by atoms with van der Waals surface area (Å²) in [6.45, 7) is 11.4. The zero-order valence-electron chi connectivity index (χ0n) is 24.9. The largest absolute Gasteiger partial charge is 0.354 e. The summed E-state index contributed by atoms with van der Waals surface area (Å²) in [6.07, 6.45) is 0.315. The smallest absolute Gasteiger partial charge is 0.264 e. The molecule has 0 spiro atoms. The second-order valence-corrected chi connectivity index (χ2v) is 13.6. The van der Waals surface area contributed by atoms with Gasteiger partial charge in [-0.05, 0) is 86.2 Å². The van der Waals surface area contributed by atoms with Crippen LogP contribution >= 0.6 is 23.2 Å². The van der Waals surface area contributed by atoms with E-state index in [-0.39, 0.29) is 23.3 Å². The van der Waals surface area contributed by atoms with Gasteiger partial charge >= 0.3 is 0 Å². The highest BCUT2D eigenvalue weighted by molar-refractivity contribution is 7.92. The zero-order valence-corrected chi connectivity index (χ0v) is 27.3. The molecule has 0 saturated carbocycles. The number of anilines is 1. The van der Waals surface area contributed by atoms with Gasteiger partial charge < -0.3 is 10.2 Å². The van der Waals surface area contributed by atoms with Crippen LogP contribution < -0.4 is 9.62 Å². The van der Waals surface area contributed by atoms with Gasteiger partial charge in [0, 0.05) is 23.1 Å². The Morgan fingerprint density at radius 3 is 2.14 bits per heavy atom. The fraction of sp³-hybridized carbons (Fsp3) is 0.375. The van der Waals surface area contributed by atoms with Gasteiger partial charge in [-0.15, -0.1) is 0 Å². The van der Waals surface area contributed by atoms with Crippen molar-refractivity contribution in [1.82, 2.24) is 10.2 Å². The van der Waals surface area contributed by atoms with Crippen LogP contribution in [0.1, 0.15) is 49.4 Å². The van der Waals surface area contributed by atoms with Gasteiger partial charge in [0.25, 0.3) is 10.0 Å². The molecular formula is C32H39Cl2N3O4S. The lowest BCUT2D eigenvalue weighted by molar-refractivity contribution is -0.140. The van der Waals surface area contributed by atoms with Crippen molar-refractivity contribution in [2.45, 2.75) is 65.4 Å². The van der Waals surface area contributed by atoms with Gasteiger partial charge in [-0.25, -0.2) is 8.42 Å². The molecule has 0 aliphatic rings. The van der Waals surface area contributed by atoms with Crippen molar-refractivity contribution in [3.8, 4) is 0 Å². The van der Waals surface area contributed by atoms with Gasteiger partial charge in [0.15, 0.2) is 0 Å². The minimum absolute atomic E-state index is 0.00616. The number of hydrogen-bond acceptors (Lipinski definition) is 4. The van der Waals surface area contributed by atoms with Crippen molar-refractivity contribution in [3.05, 3.63) is 93.0 Å². The molecule has 1 N–H and O–H groups in total. The van der Waals surface area contributed by atoms with E-state index >= 15 is 0 Å². The van der Waals surface area contributed by atoms with Gasteiger partial charge in [0.2, 0.25) is 11.8 Å². The highest BCUT2D eigenvalue weighted by Gasteiger charge is 2.34. The molecule has 42 heavy (non-hydrogen) atoms. The predicted molar refractivity (Wildman–Crippen MR) is 171 cm³/mol. The lowest BCUT2D eigenvalue weighted by Gasteiger charge is -2.33. The molecule has 0 bridgehead atoms. The minimum atomic E-state index is -4.15. The Morgan fingerprint density at radius 2 is 1.57 bits per heavy atom. The Morgan fingerprint density at radius 1 is 0.905 bits per heavy atom. The van der Waals surface area contributed by atoms with E-state index in [4.69, 9.17) is 23.2 Å². The molecule has 0 aliphatic carbocycles. The van der Waals surface area contributed by atoms with E-state index in [1.165, 1.54) is 17.0 Å². The molecule has 3 rings (SSSR count). The second kappa shape index (κ2) is 14.4. The average molecular weight is 633 g/mol. The number of nitrogens with one attached hydrogen (secondary N) is 1. The van der Waals surface area contributed by atoms with Crippen molar-refractivity contribution in [2.24, 2.45) is 5.92 Å². The van der Waals surface area contributed by atoms with Crippen molar-refractivity contribution < 1.29 is 18.0 Å². The first kappa shape index (κ1) is 33.4. The molecule has 0 radical (unpaired) electrons. The summed E-state index contributed by atoms with van der Waals surface area (Å²) in [5.41, 5.74) is 3.72. The highest BCUT2D eigenvalue weighted by Crippen LogP contribution is 2.28. The number of nitrogens with zero attached hydrogens (tertiary/aromatic N) is 2. The summed E-state index contributed by atoms with van der Waals surface area (Å²) in [7, 11) is -4.15. The molecule has 0 aromatic heterocycles. The van der Waals surface area contributed by atoms with E-state index in [0.717, 1.165) is 21.0 Å². The third kappa shape index (κ3) is 8.27. The van der Waals surface area contributed by atoms with Crippen molar-refractivity contribution >= 4 is 50.7 Å². The Hall–Kier alpha value is -3.07. The molecule has 226 valence electrons. The molecule has 1 atom stereocenters. The van der Waals surface area contributed by atoms with Gasteiger partial charge in [0.05, 0.1) is 10.6 Å². The van der Waals surface area contributed by atoms with Crippen molar-refractivity contribution in [1.29, 1.82) is 0 Å². The van der Waals surface area contributed by atoms with Crippen LogP contribution in [-0.2, 0) is 26.2 Å². The lowest BCUT2D eigenvalue weighted by atomic mass is 10.1. The minimum Gasteiger partial charge on any atom is -0.354 e. The van der Waals surface area contributed by atoms with Crippen LogP contribution in [0.25, 0.3) is 0 Å². The van der Waals surface area contributed by atoms with Gasteiger partial charge in [-0.3, -0.25) is 13.9 Å². The van der Waals surface area contributed by atoms with Crippen LogP contribution in [0.15, 0.2) is 65.6 Å². The number of rotatable bonds is 12. The van der Waals surface area contributed by atoms with Crippen LogP contribution in [0, 0.1) is 26.7 Å². The quantitative estimate of drug-likeness (QED) is 0.241. The fourth-order valence-electron chi connectivity index (χ4n) is 4.42. The number of amides is 2. The van der Waals surface area contributed by atoms with Crippen molar-refractivity contribution in [2.75, 3.05) is 17.4 Å². The van der Waals surface area contributed by atoms with E-state index in [0.29, 0.717) is 34.3 Å². The molecule has 2 amide bonds. The number of carbonyl (C=O) groups excluding carboxylic acids is 2. The third-order valence-corrected chi connectivity index (χ3v) is 9.47. The van der Waals surface area contributed by atoms with Gasteiger partial charge in [0.1, 0.15) is 12.6 Å². The first-order valence-electron chi connectivity index (χ1n) is 13.9. The highest BCUT2D eigenvalue weighted by atomic mass is 35.5. The molecule has 7 nitrogen and oxygen atoms in total. The monoisotopic (exact) mass is 631 g/mol. The van der Waals surface area contributed by atoms with Crippen LogP contribution in [0.3, 0.4) is 0 Å². The van der Waals surface area contributed by atoms with Crippen LogP contribution in [0.4, 0.5) is 5.69 Å². The number of carbonyl (C=O) groups is 2. The molecule has 3 aromatic rings. The number of hydrogen-bond donors (Lipinski definition) is 1. The summed E-state index contributed by atoms with van der Waals surface area (Å²) in [5.74, 6) is -0.647. The first-order valence-corrected chi connectivity index (χ1v) is 16.1. The van der Waals surface area contributed by atoms with E-state index < -0.39 is 28.5 Å². The molecule has 0 saturated heterocycles. The van der Waals surface area contributed by atoms with Gasteiger partial charge in [-0.1, -0.05) is 73.8 Å². The summed E-state index contributed by atoms with van der Waals surface area (Å²) >= 11 is 12.6. The topological polar surface area (TPSA) is 86.8 Å². The summed E-state index contributed by atoms with van der Waals surface area (Å²) in [4.78, 5) is 29.0. The molecule has 0 aliphatic heterocycles. The zero-order chi connectivity index (χ0) is 31.2. The number of sulfonamides is 1. The number of benzene rings is 3. The molecular weight excluding hydrogens is 593 g/mol. The number of halogens is 2. The maximum absolute atomic E-state index is 14.2. The van der Waals surface area contributed by atoms with E-state index in [1.807, 2.05) is 47.6 Å². The Labute approximate surface area is 259 Å². The van der Waals surface area contributed by atoms with Gasteiger partial charge in [-0.2, -0.15) is 0 Å². The Kier molecular flexibility index (Phi) is 11.5. The molecule has 3 aromatic carbocycles. The molecule has 1 unspecified atom stereocenters. The standard InChI is InChI=1S/C32H39Cl2N3O4S/c1-7-30(32(39)35-18-21(2)3)36(19-25-11-12-26(33)17-29(25)34)31(38)20-37(27-13-10-23(5)24(6)16-27)42(40,41)28-14-8-22(4)9-15-28/h8-17,21,30H,7,18-20H2,1-6H3,(H,35,39). The maximum Gasteiger partial charge on any atom is 0.264 e. The lowest BCUT2D eigenvalue weighted by Crippen LogP contribution is -2.52. The Bertz CT molecular complexity index is 1530. The normalized spacial score (nSPS) is 12.2. The molecule has 0 heterocycles. The van der Waals surface area contributed by atoms with Crippen molar-refractivity contribution in [3.63, 3.8) is 0 Å². The summed E-state index contributed by atoms with van der Waals surface area (Å²) in [5, 5.41) is 3.70. The predicted octanol–water partition coefficient (Wildman–Crippen LogP) is 6.69. The Balaban J connectivity index is 2.09. The average Bonchev–Trinajstić information content (AvgIpc) is 2.93. The fourth-order valence-corrected chi connectivity index (χ4v) is 6.30. The number of aryl methyl sites for hydroxylation is 3. The SMILES string of the molecule is CCC(C(=O)NCC(C)C)N(Cc1ccc(Cl)cc1Cl)C(=O)CN(c1ccc(C)c(C)c1)S(=O)(=O)c1ccc(C)cc1. The second-order valence-electron chi connectivity index (χ2n) is 10.9. The third-order valence-electron chi connectivity index (χ3n) is 7.09. The van der Waals surface area contributed by atoms with E-state index in [1.54, 1.807) is 42.5 Å². The van der Waals surface area contributed by atoms with Crippen LogP contribution in [0.2, 0.25) is 10.0 Å². The van der Waals surface area contributed by atoms with E-state index in [2.05, 4.69) is 5.32 Å². The van der Waals surface area contributed by atoms with E-state index in [9.17, 15) is 18.0 Å². The van der Waals surface area contributed by atoms with Crippen LogP contribution in [-0.4, -0.2) is 44.3 Å². The molecule has 10 heteroatoms. The first-order chi connectivity index (χ1) is 19.7. The molecule has 0 fully saturated rings. The summed E-state index contributed by atoms with van der Waals surface area (Å²) in [6, 6.07) is 15.8. The maximum atomic E-state index is 14.2. The summed E-state index contributed by atoms with van der Waals surface area (Å²) < 4.78 is 29.2. The van der Waals surface area contributed by atoms with Crippen LogP contribution in [0.5, 0.6) is 0 Å².